The first-order valence-corrected chi connectivity index (χ1v) is 15.2. The van der Waals surface area contributed by atoms with Crippen LogP contribution in [0, 0.1) is 5.92 Å². The molecule has 0 saturated heterocycles. The van der Waals surface area contributed by atoms with Gasteiger partial charge in [0.1, 0.15) is 5.60 Å². The van der Waals surface area contributed by atoms with Gasteiger partial charge in [-0.2, -0.15) is 4.31 Å². The first-order chi connectivity index (χ1) is 18.2. The number of nitrogens with zero attached hydrogens (tertiary/aromatic N) is 2. The Morgan fingerprint density at radius 3 is 2.31 bits per heavy atom. The van der Waals surface area contributed by atoms with E-state index in [-0.39, 0.29) is 23.9 Å². The van der Waals surface area contributed by atoms with Crippen LogP contribution in [0.15, 0.2) is 77.3 Å². The van der Waals surface area contributed by atoms with Crippen molar-refractivity contribution in [2.75, 3.05) is 18.8 Å². The lowest BCUT2D eigenvalue weighted by Gasteiger charge is -2.32. The number of benzene rings is 2. The zero-order chi connectivity index (χ0) is 28.8. The first kappa shape index (κ1) is 30.6. The number of aliphatic hydroxyl groups excluding tert-OH is 1. The van der Waals surface area contributed by atoms with Crippen LogP contribution < -0.4 is 11.1 Å². The van der Waals surface area contributed by atoms with E-state index in [1.807, 2.05) is 70.3 Å². The molecule has 3 aromatic rings. The van der Waals surface area contributed by atoms with Gasteiger partial charge in [0, 0.05) is 24.0 Å². The summed E-state index contributed by atoms with van der Waals surface area (Å²) in [6.45, 7) is 13.8. The van der Waals surface area contributed by atoms with E-state index in [0.29, 0.717) is 23.1 Å². The van der Waals surface area contributed by atoms with Crippen molar-refractivity contribution < 1.29 is 18.3 Å². The molecular formula is C29H40N4O4S2. The van der Waals surface area contributed by atoms with Crippen LogP contribution in [-0.4, -0.2) is 53.6 Å². The molecule has 2 atom stereocenters. The normalized spacial score (nSPS) is 13.8. The first-order valence-electron chi connectivity index (χ1n) is 12.9. The molecule has 0 aliphatic carbocycles. The SMILES string of the molecule is C=C(NC(Cc1ccccc1)C(O)CN(CC(C)C)S(=O)(=O)c1ccc(-c2csc(N)n2)cc1)OC(C)(C)C. The Balaban J connectivity index is 1.85. The quantitative estimate of drug-likeness (QED) is 0.250. The van der Waals surface area contributed by atoms with Gasteiger partial charge in [0.25, 0.3) is 0 Å². The summed E-state index contributed by atoms with van der Waals surface area (Å²) in [7, 11) is -3.90. The molecule has 0 spiro atoms. The van der Waals surface area contributed by atoms with Crippen molar-refractivity contribution in [3.05, 3.63) is 78.0 Å². The second kappa shape index (κ2) is 13.0. The summed E-state index contributed by atoms with van der Waals surface area (Å²) in [5.41, 5.74) is 7.74. The highest BCUT2D eigenvalue weighted by atomic mass is 32.2. The van der Waals surface area contributed by atoms with Crippen molar-refractivity contribution >= 4 is 26.5 Å². The number of hydrogen-bond acceptors (Lipinski definition) is 8. The fourth-order valence-electron chi connectivity index (χ4n) is 4.14. The van der Waals surface area contributed by atoms with E-state index in [2.05, 4.69) is 16.9 Å². The minimum Gasteiger partial charge on any atom is -0.474 e. The van der Waals surface area contributed by atoms with Crippen molar-refractivity contribution in [2.24, 2.45) is 5.92 Å². The summed E-state index contributed by atoms with van der Waals surface area (Å²) in [6, 6.07) is 15.8. The minimum atomic E-state index is -3.90. The summed E-state index contributed by atoms with van der Waals surface area (Å²) >= 11 is 1.33. The van der Waals surface area contributed by atoms with Gasteiger partial charge < -0.3 is 20.9 Å². The Bertz CT molecular complexity index is 1320. The predicted molar refractivity (Wildman–Crippen MR) is 159 cm³/mol. The molecule has 0 aliphatic heterocycles. The number of aliphatic hydroxyl groups is 1. The lowest BCUT2D eigenvalue weighted by molar-refractivity contribution is 0.0266. The second-order valence-electron chi connectivity index (χ2n) is 11.0. The highest BCUT2D eigenvalue weighted by Gasteiger charge is 2.31. The third-order valence-electron chi connectivity index (χ3n) is 5.81. The Hall–Kier alpha value is -2.92. The fourth-order valence-corrected chi connectivity index (χ4v) is 6.33. The van der Waals surface area contributed by atoms with Crippen LogP contribution >= 0.6 is 11.3 Å². The van der Waals surface area contributed by atoms with E-state index in [0.717, 1.165) is 11.1 Å². The standard InChI is InChI=1S/C29H40N4O4S2/c1-20(2)17-33(39(35,36)24-14-12-23(13-15-24)26-19-38-28(30)32-26)18-27(34)25(16-22-10-8-7-9-11-22)31-21(3)37-29(4,5)6/h7-15,19-20,25,27,31,34H,3,16-18H2,1-2,4-6H3,(H2,30,32). The summed E-state index contributed by atoms with van der Waals surface area (Å²) in [4.78, 5) is 4.41. The largest absolute Gasteiger partial charge is 0.474 e. The van der Waals surface area contributed by atoms with Gasteiger partial charge in [0.15, 0.2) is 11.0 Å². The average Bonchev–Trinajstić information content (AvgIpc) is 3.28. The molecule has 8 nitrogen and oxygen atoms in total. The van der Waals surface area contributed by atoms with Crippen molar-refractivity contribution in [3.8, 4) is 11.3 Å². The van der Waals surface area contributed by atoms with E-state index in [9.17, 15) is 13.5 Å². The van der Waals surface area contributed by atoms with E-state index in [1.54, 1.807) is 24.3 Å². The van der Waals surface area contributed by atoms with Crippen molar-refractivity contribution in [2.45, 2.75) is 63.7 Å². The number of thiazole rings is 1. The molecule has 0 aliphatic rings. The van der Waals surface area contributed by atoms with E-state index < -0.39 is 27.8 Å². The van der Waals surface area contributed by atoms with Gasteiger partial charge >= 0.3 is 0 Å². The lowest BCUT2D eigenvalue weighted by atomic mass is 10.0. The Labute approximate surface area is 236 Å². The third-order valence-corrected chi connectivity index (χ3v) is 8.33. The van der Waals surface area contributed by atoms with Crippen LogP contribution in [-0.2, 0) is 21.2 Å². The van der Waals surface area contributed by atoms with E-state index >= 15 is 0 Å². The Kier molecular flexibility index (Phi) is 10.2. The molecule has 10 heteroatoms. The molecule has 4 N–H and O–H groups in total. The maximum Gasteiger partial charge on any atom is 0.243 e. The highest BCUT2D eigenvalue weighted by Crippen LogP contribution is 2.26. The van der Waals surface area contributed by atoms with Gasteiger partial charge in [0.05, 0.1) is 22.7 Å². The maximum atomic E-state index is 13.8. The van der Waals surface area contributed by atoms with Gasteiger partial charge in [0.2, 0.25) is 10.0 Å². The van der Waals surface area contributed by atoms with Crippen LogP contribution in [0.5, 0.6) is 0 Å². The molecule has 1 aromatic heterocycles. The topological polar surface area (TPSA) is 118 Å². The molecule has 0 saturated carbocycles. The second-order valence-corrected chi connectivity index (χ2v) is 13.8. The molecule has 39 heavy (non-hydrogen) atoms. The van der Waals surface area contributed by atoms with Crippen molar-refractivity contribution in [1.29, 1.82) is 0 Å². The number of nitrogens with two attached hydrogens (primary N) is 1. The molecule has 212 valence electrons. The summed E-state index contributed by atoms with van der Waals surface area (Å²) in [5, 5.41) is 16.9. The Morgan fingerprint density at radius 2 is 1.77 bits per heavy atom. The van der Waals surface area contributed by atoms with Crippen molar-refractivity contribution in [1.82, 2.24) is 14.6 Å². The summed E-state index contributed by atoms with van der Waals surface area (Å²) in [5.74, 6) is 0.364. The zero-order valence-electron chi connectivity index (χ0n) is 23.3. The van der Waals surface area contributed by atoms with Crippen LogP contribution in [0.25, 0.3) is 11.3 Å². The van der Waals surface area contributed by atoms with E-state index in [1.165, 1.54) is 15.6 Å². The molecule has 2 aromatic carbocycles. The van der Waals surface area contributed by atoms with Crippen LogP contribution in [0.2, 0.25) is 0 Å². The number of hydrogen-bond donors (Lipinski definition) is 3. The molecule has 0 bridgehead atoms. The fraction of sp³-hybridized carbons (Fsp3) is 0.414. The van der Waals surface area contributed by atoms with Gasteiger partial charge in [-0.05, 0) is 57.4 Å². The van der Waals surface area contributed by atoms with Gasteiger partial charge in [-0.25, -0.2) is 13.4 Å². The zero-order valence-corrected chi connectivity index (χ0v) is 24.9. The molecule has 0 fully saturated rings. The lowest BCUT2D eigenvalue weighted by Crippen LogP contribution is -2.49. The minimum absolute atomic E-state index is 0.0453. The molecule has 2 unspecified atom stereocenters. The third kappa shape index (κ3) is 9.06. The molecule has 0 amide bonds. The smallest absolute Gasteiger partial charge is 0.243 e. The number of rotatable bonds is 13. The molecule has 0 radical (unpaired) electrons. The van der Waals surface area contributed by atoms with Crippen LogP contribution in [0.4, 0.5) is 5.13 Å². The predicted octanol–water partition coefficient (Wildman–Crippen LogP) is 4.89. The molecule has 3 rings (SSSR count). The summed E-state index contributed by atoms with van der Waals surface area (Å²) in [6.07, 6.45) is -0.591. The van der Waals surface area contributed by atoms with Crippen molar-refractivity contribution in [3.63, 3.8) is 0 Å². The molecular weight excluding hydrogens is 532 g/mol. The van der Waals surface area contributed by atoms with Gasteiger partial charge in [-0.15, -0.1) is 11.3 Å². The highest BCUT2D eigenvalue weighted by molar-refractivity contribution is 7.89. The van der Waals surface area contributed by atoms with E-state index in [4.69, 9.17) is 10.5 Å². The number of nitrogens with one attached hydrogen (secondary N) is 1. The number of sulfonamides is 1. The monoisotopic (exact) mass is 572 g/mol. The number of anilines is 1. The number of nitrogen functional groups attached to an aromatic ring is 1. The molecule has 1 heterocycles. The number of aromatic nitrogens is 1. The Morgan fingerprint density at radius 1 is 1.13 bits per heavy atom. The van der Waals surface area contributed by atoms with Crippen LogP contribution in [0.1, 0.15) is 40.2 Å². The average molecular weight is 573 g/mol. The summed E-state index contributed by atoms with van der Waals surface area (Å²) < 4.78 is 34.7. The van der Waals surface area contributed by atoms with Gasteiger partial charge in [-0.3, -0.25) is 0 Å². The maximum absolute atomic E-state index is 13.8. The number of ether oxygens (including phenoxy) is 1. The van der Waals surface area contributed by atoms with Crippen LogP contribution in [0.3, 0.4) is 0 Å². The van der Waals surface area contributed by atoms with Gasteiger partial charge in [-0.1, -0.05) is 56.3 Å².